The molecule has 1 fully saturated rings. The second kappa shape index (κ2) is 4.01. The Balaban J connectivity index is 1.95. The standard InChI is InChI=1S/C12H13FN2O/c13-10-7-9(1-2-11(10)15)16-8-12(3-4-12)5-6-14/h1-2,7H,3-5,8,15H2. The molecule has 0 spiro atoms. The minimum absolute atomic E-state index is 0.00656. The number of nitriles is 1. The fourth-order valence-corrected chi connectivity index (χ4v) is 1.55. The van der Waals surface area contributed by atoms with E-state index in [-0.39, 0.29) is 11.1 Å². The lowest BCUT2D eigenvalue weighted by molar-refractivity contribution is 0.236. The third-order valence-corrected chi connectivity index (χ3v) is 2.93. The Hall–Kier alpha value is -1.76. The van der Waals surface area contributed by atoms with Crippen molar-refractivity contribution in [1.82, 2.24) is 0 Å². The van der Waals surface area contributed by atoms with Gasteiger partial charge in [-0.05, 0) is 25.0 Å². The highest BCUT2D eigenvalue weighted by Gasteiger charge is 2.43. The second-order valence-corrected chi connectivity index (χ2v) is 4.31. The van der Waals surface area contributed by atoms with Crippen LogP contribution in [0.1, 0.15) is 19.3 Å². The lowest BCUT2D eigenvalue weighted by atomic mass is 10.1. The van der Waals surface area contributed by atoms with Crippen molar-refractivity contribution in [1.29, 1.82) is 5.26 Å². The summed E-state index contributed by atoms with van der Waals surface area (Å²) in [7, 11) is 0. The first-order valence-electron chi connectivity index (χ1n) is 5.20. The minimum Gasteiger partial charge on any atom is -0.493 e. The van der Waals surface area contributed by atoms with E-state index in [2.05, 4.69) is 6.07 Å². The quantitative estimate of drug-likeness (QED) is 0.793. The summed E-state index contributed by atoms with van der Waals surface area (Å²) in [6, 6.07) is 6.55. The van der Waals surface area contributed by atoms with Gasteiger partial charge in [0.15, 0.2) is 0 Å². The van der Waals surface area contributed by atoms with E-state index in [4.69, 9.17) is 15.7 Å². The predicted molar refractivity (Wildman–Crippen MR) is 58.2 cm³/mol. The maximum Gasteiger partial charge on any atom is 0.149 e. The molecule has 1 aliphatic carbocycles. The van der Waals surface area contributed by atoms with Crippen molar-refractivity contribution in [3.8, 4) is 11.8 Å². The van der Waals surface area contributed by atoms with Gasteiger partial charge in [0.25, 0.3) is 0 Å². The van der Waals surface area contributed by atoms with Crippen LogP contribution in [0.2, 0.25) is 0 Å². The van der Waals surface area contributed by atoms with Crippen molar-refractivity contribution in [3.63, 3.8) is 0 Å². The number of halogens is 1. The summed E-state index contributed by atoms with van der Waals surface area (Å²) in [6.45, 7) is 0.476. The zero-order valence-corrected chi connectivity index (χ0v) is 8.87. The van der Waals surface area contributed by atoms with Crippen LogP contribution in [0.5, 0.6) is 5.75 Å². The molecule has 0 unspecified atom stereocenters. The summed E-state index contributed by atoms with van der Waals surface area (Å²) >= 11 is 0. The maximum atomic E-state index is 13.1. The molecular formula is C12H13FN2O. The number of nitrogens with two attached hydrogens (primary N) is 1. The molecule has 0 heterocycles. The zero-order valence-electron chi connectivity index (χ0n) is 8.87. The molecule has 0 aromatic heterocycles. The predicted octanol–water partition coefficient (Wildman–Crippen LogP) is 2.48. The van der Waals surface area contributed by atoms with Crippen molar-refractivity contribution in [2.24, 2.45) is 5.41 Å². The Morgan fingerprint density at radius 3 is 2.81 bits per heavy atom. The Bertz CT molecular complexity index is 435. The number of anilines is 1. The smallest absolute Gasteiger partial charge is 0.149 e. The number of ether oxygens (including phenoxy) is 1. The Morgan fingerprint density at radius 1 is 1.50 bits per heavy atom. The molecule has 0 atom stereocenters. The molecule has 2 rings (SSSR count). The molecular weight excluding hydrogens is 207 g/mol. The van der Waals surface area contributed by atoms with Gasteiger partial charge < -0.3 is 10.5 Å². The maximum absolute atomic E-state index is 13.1. The van der Waals surface area contributed by atoms with Gasteiger partial charge in [0, 0.05) is 17.9 Å². The molecule has 3 nitrogen and oxygen atoms in total. The normalized spacial score (nSPS) is 16.5. The summed E-state index contributed by atoms with van der Waals surface area (Å²) in [5, 5.41) is 8.64. The average molecular weight is 220 g/mol. The van der Waals surface area contributed by atoms with Crippen LogP contribution in [0.25, 0.3) is 0 Å². The molecule has 16 heavy (non-hydrogen) atoms. The van der Waals surface area contributed by atoms with Crippen molar-refractivity contribution >= 4 is 5.69 Å². The summed E-state index contributed by atoms with van der Waals surface area (Å²) in [6.07, 6.45) is 2.53. The van der Waals surface area contributed by atoms with Crippen molar-refractivity contribution in [2.75, 3.05) is 12.3 Å². The SMILES string of the molecule is N#CCC1(COc2ccc(N)c(F)c2)CC1. The third kappa shape index (κ3) is 2.25. The molecule has 0 amide bonds. The molecule has 2 N–H and O–H groups in total. The van der Waals surface area contributed by atoms with Gasteiger partial charge in [-0.3, -0.25) is 0 Å². The Kier molecular flexibility index (Phi) is 2.69. The Morgan fingerprint density at radius 2 is 2.25 bits per heavy atom. The van der Waals surface area contributed by atoms with Crippen LogP contribution in [0.4, 0.5) is 10.1 Å². The molecule has 0 bridgehead atoms. The summed E-state index contributed by atoms with van der Waals surface area (Å²) in [4.78, 5) is 0. The van der Waals surface area contributed by atoms with E-state index in [1.165, 1.54) is 12.1 Å². The lowest BCUT2D eigenvalue weighted by Gasteiger charge is -2.13. The lowest BCUT2D eigenvalue weighted by Crippen LogP contribution is -2.12. The van der Waals surface area contributed by atoms with Gasteiger partial charge in [0.1, 0.15) is 11.6 Å². The van der Waals surface area contributed by atoms with Crippen molar-refractivity contribution < 1.29 is 9.13 Å². The van der Waals surface area contributed by atoms with E-state index < -0.39 is 5.82 Å². The third-order valence-electron chi connectivity index (χ3n) is 2.93. The summed E-state index contributed by atoms with van der Waals surface area (Å²) in [5.74, 6) is -0.00135. The van der Waals surface area contributed by atoms with Crippen LogP contribution >= 0.6 is 0 Å². The molecule has 1 saturated carbocycles. The zero-order chi connectivity index (χ0) is 11.6. The van der Waals surface area contributed by atoms with E-state index >= 15 is 0 Å². The van der Waals surface area contributed by atoms with Crippen LogP contribution in [-0.2, 0) is 0 Å². The average Bonchev–Trinajstić information content (AvgIpc) is 3.01. The van der Waals surface area contributed by atoms with E-state index in [1.807, 2.05) is 0 Å². The topological polar surface area (TPSA) is 59.0 Å². The van der Waals surface area contributed by atoms with Crippen LogP contribution in [0.15, 0.2) is 18.2 Å². The fourth-order valence-electron chi connectivity index (χ4n) is 1.55. The summed E-state index contributed by atoms with van der Waals surface area (Å²) in [5.41, 5.74) is 5.48. The van der Waals surface area contributed by atoms with Crippen molar-refractivity contribution in [3.05, 3.63) is 24.0 Å². The number of hydrogen-bond donors (Lipinski definition) is 1. The molecule has 1 aromatic rings. The van der Waals surface area contributed by atoms with Crippen LogP contribution in [0.3, 0.4) is 0 Å². The Labute approximate surface area is 93.6 Å². The first kappa shape index (κ1) is 10.7. The highest BCUT2D eigenvalue weighted by atomic mass is 19.1. The number of rotatable bonds is 4. The summed E-state index contributed by atoms with van der Waals surface area (Å²) < 4.78 is 18.6. The fraction of sp³-hybridized carbons (Fsp3) is 0.417. The van der Waals surface area contributed by atoms with E-state index in [1.54, 1.807) is 6.07 Å². The molecule has 1 aliphatic rings. The van der Waals surface area contributed by atoms with Crippen LogP contribution in [0, 0.1) is 22.6 Å². The first-order chi connectivity index (χ1) is 7.65. The van der Waals surface area contributed by atoms with E-state index in [0.29, 0.717) is 18.8 Å². The van der Waals surface area contributed by atoms with Gasteiger partial charge in [0.05, 0.1) is 18.4 Å². The molecule has 0 saturated heterocycles. The van der Waals surface area contributed by atoms with Crippen LogP contribution < -0.4 is 10.5 Å². The monoisotopic (exact) mass is 220 g/mol. The molecule has 0 radical (unpaired) electrons. The molecule has 0 aliphatic heterocycles. The highest BCUT2D eigenvalue weighted by Crippen LogP contribution is 2.48. The van der Waals surface area contributed by atoms with Gasteiger partial charge in [0.2, 0.25) is 0 Å². The van der Waals surface area contributed by atoms with E-state index in [9.17, 15) is 4.39 Å². The minimum atomic E-state index is -0.470. The van der Waals surface area contributed by atoms with Gasteiger partial charge >= 0.3 is 0 Å². The largest absolute Gasteiger partial charge is 0.493 e. The molecule has 1 aromatic carbocycles. The van der Waals surface area contributed by atoms with E-state index in [0.717, 1.165) is 12.8 Å². The van der Waals surface area contributed by atoms with Gasteiger partial charge in [-0.25, -0.2) is 4.39 Å². The van der Waals surface area contributed by atoms with Gasteiger partial charge in [-0.15, -0.1) is 0 Å². The van der Waals surface area contributed by atoms with Gasteiger partial charge in [-0.1, -0.05) is 0 Å². The number of nitrogens with zero attached hydrogens (tertiary/aromatic N) is 1. The number of nitrogen functional groups attached to an aromatic ring is 1. The molecule has 84 valence electrons. The molecule has 4 heteroatoms. The highest BCUT2D eigenvalue weighted by molar-refractivity contribution is 5.43. The van der Waals surface area contributed by atoms with Gasteiger partial charge in [-0.2, -0.15) is 5.26 Å². The number of benzene rings is 1. The van der Waals surface area contributed by atoms with Crippen molar-refractivity contribution in [2.45, 2.75) is 19.3 Å². The van der Waals surface area contributed by atoms with Crippen LogP contribution in [-0.4, -0.2) is 6.61 Å². The second-order valence-electron chi connectivity index (χ2n) is 4.31. The number of hydrogen-bond acceptors (Lipinski definition) is 3. The first-order valence-corrected chi connectivity index (χ1v) is 5.20.